The number of aromatic nitrogens is 1. The summed E-state index contributed by atoms with van der Waals surface area (Å²) in [4.78, 5) is 16.4. The van der Waals surface area contributed by atoms with Gasteiger partial charge in [-0.1, -0.05) is 31.5 Å². The van der Waals surface area contributed by atoms with Gasteiger partial charge in [-0.15, -0.1) is 0 Å². The summed E-state index contributed by atoms with van der Waals surface area (Å²) in [5.41, 5.74) is 3.43. The summed E-state index contributed by atoms with van der Waals surface area (Å²) in [6, 6.07) is 7.22. The third-order valence-electron chi connectivity index (χ3n) is 3.30. The summed E-state index contributed by atoms with van der Waals surface area (Å²) >= 11 is 9.52. The van der Waals surface area contributed by atoms with Gasteiger partial charge in [0.1, 0.15) is 4.60 Å². The zero-order valence-electron chi connectivity index (χ0n) is 11.9. The van der Waals surface area contributed by atoms with Crippen molar-refractivity contribution in [3.63, 3.8) is 0 Å². The van der Waals surface area contributed by atoms with Crippen molar-refractivity contribution in [2.75, 3.05) is 5.32 Å². The Morgan fingerprint density at radius 1 is 1.29 bits per heavy atom. The molecule has 1 aromatic carbocycles. The molecule has 1 aromatic heterocycles. The number of carbonyl (C=O) groups is 1. The monoisotopic (exact) mass is 366 g/mol. The summed E-state index contributed by atoms with van der Waals surface area (Å²) in [5, 5.41) is 3.67. The van der Waals surface area contributed by atoms with E-state index in [9.17, 15) is 4.79 Å². The van der Waals surface area contributed by atoms with Crippen LogP contribution in [0.15, 0.2) is 35.1 Å². The van der Waals surface area contributed by atoms with E-state index in [2.05, 4.69) is 33.2 Å². The Morgan fingerprint density at radius 2 is 2.05 bits per heavy atom. The number of halogens is 2. The number of carbonyl (C=O) groups excluding carboxylic acids is 1. The molecule has 21 heavy (non-hydrogen) atoms. The molecule has 0 bridgehead atoms. The van der Waals surface area contributed by atoms with Crippen LogP contribution in [0.2, 0.25) is 5.02 Å². The molecule has 0 aliphatic heterocycles. The highest BCUT2D eigenvalue weighted by atomic mass is 79.9. The van der Waals surface area contributed by atoms with Crippen LogP contribution >= 0.6 is 27.5 Å². The largest absolute Gasteiger partial charge is 0.321 e. The molecule has 0 aliphatic rings. The van der Waals surface area contributed by atoms with Crippen LogP contribution in [-0.4, -0.2) is 10.9 Å². The predicted octanol–water partition coefficient (Wildman–Crippen LogP) is 4.87. The zero-order chi connectivity index (χ0) is 15.4. The molecule has 3 nitrogen and oxygen atoms in total. The first kappa shape index (κ1) is 16.0. The van der Waals surface area contributed by atoms with Crippen molar-refractivity contribution in [2.24, 2.45) is 0 Å². The molecule has 0 fully saturated rings. The predicted molar refractivity (Wildman–Crippen MR) is 90.1 cm³/mol. The summed E-state index contributed by atoms with van der Waals surface area (Å²) in [7, 11) is 0. The molecule has 0 aliphatic carbocycles. The van der Waals surface area contributed by atoms with Crippen molar-refractivity contribution in [1.82, 2.24) is 4.98 Å². The van der Waals surface area contributed by atoms with Crippen LogP contribution in [0.3, 0.4) is 0 Å². The van der Waals surface area contributed by atoms with Crippen molar-refractivity contribution in [3.05, 3.63) is 56.8 Å². The van der Waals surface area contributed by atoms with Gasteiger partial charge in [-0.25, -0.2) is 4.98 Å². The molecule has 2 aromatic rings. The summed E-state index contributed by atoms with van der Waals surface area (Å²) in [6.07, 6.45) is 3.20. The van der Waals surface area contributed by atoms with Gasteiger partial charge in [0, 0.05) is 22.5 Å². The maximum absolute atomic E-state index is 12.4. The number of rotatable bonds is 4. The Hall–Kier alpha value is -1.39. The quantitative estimate of drug-likeness (QED) is 0.783. The van der Waals surface area contributed by atoms with E-state index >= 15 is 0 Å². The minimum atomic E-state index is -0.162. The van der Waals surface area contributed by atoms with Gasteiger partial charge < -0.3 is 5.32 Å². The molecule has 110 valence electrons. The number of anilines is 1. The van der Waals surface area contributed by atoms with Crippen LogP contribution in [0, 0.1) is 0 Å². The first-order valence-corrected chi connectivity index (χ1v) is 7.97. The highest BCUT2D eigenvalue weighted by Gasteiger charge is 2.14. The molecule has 0 unspecified atom stereocenters. The van der Waals surface area contributed by atoms with Gasteiger partial charge in [0.15, 0.2) is 0 Å². The number of benzene rings is 1. The fraction of sp³-hybridized carbons (Fsp3) is 0.250. The van der Waals surface area contributed by atoms with E-state index in [1.807, 2.05) is 19.1 Å². The molecule has 0 saturated heterocycles. The minimum absolute atomic E-state index is 0.162. The van der Waals surface area contributed by atoms with Crippen LogP contribution < -0.4 is 5.32 Å². The Bertz CT molecular complexity index is 673. The normalized spacial score (nSPS) is 10.5. The van der Waals surface area contributed by atoms with Gasteiger partial charge in [-0.3, -0.25) is 4.79 Å². The smallest absolute Gasteiger partial charge is 0.255 e. The molecule has 0 radical (unpaired) electrons. The number of aryl methyl sites for hydroxylation is 1. The second-order valence-corrected chi connectivity index (χ2v) is 5.81. The molecule has 1 heterocycles. The average Bonchev–Trinajstić information content (AvgIpc) is 2.47. The number of hydrogen-bond acceptors (Lipinski definition) is 2. The average molecular weight is 368 g/mol. The lowest BCUT2D eigenvalue weighted by molar-refractivity contribution is 0.102. The number of pyridine rings is 1. The lowest BCUT2D eigenvalue weighted by atomic mass is 10.0. The van der Waals surface area contributed by atoms with E-state index in [1.165, 1.54) is 0 Å². The van der Waals surface area contributed by atoms with E-state index < -0.39 is 0 Å². The Labute approximate surface area is 137 Å². The van der Waals surface area contributed by atoms with Crippen molar-refractivity contribution in [2.45, 2.75) is 26.7 Å². The third kappa shape index (κ3) is 3.63. The maximum atomic E-state index is 12.4. The Kier molecular flexibility index (Phi) is 5.37. The SMILES string of the molecule is CCc1ccc(Cl)c(CC)c1NC(=O)c1ccnc(Br)c1. The van der Waals surface area contributed by atoms with Crippen molar-refractivity contribution >= 4 is 39.1 Å². The van der Waals surface area contributed by atoms with Crippen molar-refractivity contribution in [1.29, 1.82) is 0 Å². The third-order valence-corrected chi connectivity index (χ3v) is 4.09. The molecule has 0 saturated carbocycles. The molecule has 0 atom stereocenters. The van der Waals surface area contributed by atoms with Gasteiger partial charge in [0.05, 0.1) is 0 Å². The standard InChI is InChI=1S/C16H16BrClN2O/c1-3-10-5-6-13(18)12(4-2)15(10)20-16(21)11-7-8-19-14(17)9-11/h5-9H,3-4H2,1-2H3,(H,20,21). The molecule has 2 rings (SSSR count). The van der Waals surface area contributed by atoms with Crippen molar-refractivity contribution < 1.29 is 4.79 Å². The lowest BCUT2D eigenvalue weighted by Crippen LogP contribution is -2.15. The fourth-order valence-electron chi connectivity index (χ4n) is 2.20. The number of hydrogen-bond donors (Lipinski definition) is 1. The van der Waals surface area contributed by atoms with Crippen LogP contribution in [0.1, 0.15) is 35.3 Å². The van der Waals surface area contributed by atoms with Gasteiger partial charge in [-0.2, -0.15) is 0 Å². The Balaban J connectivity index is 2.38. The van der Waals surface area contributed by atoms with Crippen LogP contribution in [-0.2, 0) is 12.8 Å². The summed E-state index contributed by atoms with van der Waals surface area (Å²) in [5.74, 6) is -0.162. The molecule has 0 spiro atoms. The van der Waals surface area contributed by atoms with Crippen LogP contribution in [0.5, 0.6) is 0 Å². The Morgan fingerprint density at radius 3 is 2.67 bits per heavy atom. The molecular formula is C16H16BrClN2O. The number of amides is 1. The minimum Gasteiger partial charge on any atom is -0.321 e. The van der Waals surface area contributed by atoms with E-state index in [-0.39, 0.29) is 5.91 Å². The van der Waals surface area contributed by atoms with Crippen LogP contribution in [0.4, 0.5) is 5.69 Å². The fourth-order valence-corrected chi connectivity index (χ4v) is 2.85. The number of nitrogens with zero attached hydrogens (tertiary/aromatic N) is 1. The van der Waals surface area contributed by atoms with Crippen molar-refractivity contribution in [3.8, 4) is 0 Å². The highest BCUT2D eigenvalue weighted by molar-refractivity contribution is 9.10. The van der Waals surface area contributed by atoms with Gasteiger partial charge >= 0.3 is 0 Å². The second-order valence-electron chi connectivity index (χ2n) is 4.59. The highest BCUT2D eigenvalue weighted by Crippen LogP contribution is 2.30. The number of nitrogens with one attached hydrogen (secondary N) is 1. The lowest BCUT2D eigenvalue weighted by Gasteiger charge is -2.16. The van der Waals surface area contributed by atoms with Crippen LogP contribution in [0.25, 0.3) is 0 Å². The van der Waals surface area contributed by atoms with E-state index in [4.69, 9.17) is 11.6 Å². The molecule has 1 N–H and O–H groups in total. The van der Waals surface area contributed by atoms with E-state index in [0.29, 0.717) is 15.2 Å². The van der Waals surface area contributed by atoms with E-state index in [0.717, 1.165) is 29.7 Å². The molecule has 5 heteroatoms. The van der Waals surface area contributed by atoms with Gasteiger partial charge in [0.2, 0.25) is 0 Å². The maximum Gasteiger partial charge on any atom is 0.255 e. The van der Waals surface area contributed by atoms with E-state index in [1.54, 1.807) is 18.3 Å². The molecular weight excluding hydrogens is 352 g/mol. The zero-order valence-corrected chi connectivity index (χ0v) is 14.3. The molecule has 1 amide bonds. The summed E-state index contributed by atoms with van der Waals surface area (Å²) in [6.45, 7) is 4.08. The van der Waals surface area contributed by atoms with Gasteiger partial charge in [-0.05, 0) is 58.1 Å². The second kappa shape index (κ2) is 7.05. The van der Waals surface area contributed by atoms with Gasteiger partial charge in [0.25, 0.3) is 5.91 Å². The summed E-state index contributed by atoms with van der Waals surface area (Å²) < 4.78 is 0.632. The first-order valence-electron chi connectivity index (χ1n) is 6.80. The topological polar surface area (TPSA) is 42.0 Å². The first-order chi connectivity index (χ1) is 10.1.